The number of aliphatic hydroxyl groups is 1. The van der Waals surface area contributed by atoms with Crippen molar-refractivity contribution in [3.05, 3.63) is 77.4 Å². The summed E-state index contributed by atoms with van der Waals surface area (Å²) < 4.78 is 30.1. The monoisotopic (exact) mass is 543 g/mol. The molecular formula is C29H35F2N3O5. The van der Waals surface area contributed by atoms with Crippen molar-refractivity contribution in [1.29, 1.82) is 0 Å². The molecule has 3 atom stereocenters. The van der Waals surface area contributed by atoms with Crippen LogP contribution in [0.4, 0.5) is 8.78 Å². The second-order valence-corrected chi connectivity index (χ2v) is 10.5. The molecule has 1 saturated heterocycles. The quantitative estimate of drug-likeness (QED) is 0.363. The molecular weight excluding hydrogens is 508 g/mol. The van der Waals surface area contributed by atoms with Crippen LogP contribution >= 0.6 is 0 Å². The Hall–Kier alpha value is -3.79. The lowest BCUT2D eigenvalue weighted by Gasteiger charge is -2.34. The minimum Gasteiger partial charge on any atom is -0.508 e. The van der Waals surface area contributed by atoms with Gasteiger partial charge in [0.1, 0.15) is 11.8 Å². The van der Waals surface area contributed by atoms with Crippen LogP contribution in [0.5, 0.6) is 5.75 Å². The first kappa shape index (κ1) is 29.8. The van der Waals surface area contributed by atoms with Crippen LogP contribution in [0.15, 0.2) is 55.1 Å². The summed E-state index contributed by atoms with van der Waals surface area (Å²) in [6, 6.07) is 8.99. The van der Waals surface area contributed by atoms with Crippen molar-refractivity contribution in [2.24, 2.45) is 5.41 Å². The van der Waals surface area contributed by atoms with Gasteiger partial charge in [-0.1, -0.05) is 50.3 Å². The van der Waals surface area contributed by atoms with E-state index >= 15 is 8.78 Å². The van der Waals surface area contributed by atoms with Gasteiger partial charge in [0.05, 0.1) is 18.0 Å². The van der Waals surface area contributed by atoms with Gasteiger partial charge in [-0.15, -0.1) is 6.58 Å². The summed E-state index contributed by atoms with van der Waals surface area (Å²) in [7, 11) is 0. The smallest absolute Gasteiger partial charge is 0.272 e. The van der Waals surface area contributed by atoms with Crippen LogP contribution in [-0.2, 0) is 16.0 Å². The van der Waals surface area contributed by atoms with Crippen molar-refractivity contribution in [1.82, 2.24) is 15.5 Å². The number of phenolic OH excluding ortho intramolecular Hbond substituents is 1. The number of amides is 3. The van der Waals surface area contributed by atoms with Gasteiger partial charge in [-0.3, -0.25) is 14.4 Å². The number of nitrogens with zero attached hydrogens (tertiary/aromatic N) is 1. The zero-order chi connectivity index (χ0) is 29.1. The van der Waals surface area contributed by atoms with Crippen LogP contribution in [0, 0.1) is 19.3 Å². The Balaban J connectivity index is 1.96. The van der Waals surface area contributed by atoms with Gasteiger partial charge in [-0.2, -0.15) is 0 Å². The SMILES string of the molecule is C=CCNC(=O)[C@H]1N(C(=O)[C@@H](O)C(Cc2ccccc2)NC(=O)c2cc(C)cc(O)c2C)CC(F)(F)C1(C)C. The molecule has 0 spiro atoms. The van der Waals surface area contributed by atoms with E-state index in [0.717, 1.165) is 0 Å². The highest BCUT2D eigenvalue weighted by Gasteiger charge is 2.64. The van der Waals surface area contributed by atoms with Gasteiger partial charge in [0.25, 0.3) is 17.7 Å². The zero-order valence-electron chi connectivity index (χ0n) is 22.5. The average molecular weight is 544 g/mol. The molecule has 1 aliphatic rings. The van der Waals surface area contributed by atoms with Gasteiger partial charge in [0, 0.05) is 17.7 Å². The number of carbonyl (C=O) groups excluding carboxylic acids is 3. The van der Waals surface area contributed by atoms with Gasteiger partial charge >= 0.3 is 0 Å². The first-order chi connectivity index (χ1) is 18.2. The number of nitrogens with one attached hydrogen (secondary N) is 2. The lowest BCUT2D eigenvalue weighted by atomic mass is 9.81. The van der Waals surface area contributed by atoms with Gasteiger partial charge in [0.2, 0.25) is 5.91 Å². The Kier molecular flexibility index (Phi) is 8.80. The third-order valence-corrected chi connectivity index (χ3v) is 7.28. The normalized spacial score (nSPS) is 19.2. The van der Waals surface area contributed by atoms with Crippen molar-refractivity contribution >= 4 is 17.7 Å². The summed E-state index contributed by atoms with van der Waals surface area (Å²) >= 11 is 0. The zero-order valence-corrected chi connectivity index (χ0v) is 22.5. The summed E-state index contributed by atoms with van der Waals surface area (Å²) in [4.78, 5) is 40.4. The van der Waals surface area contributed by atoms with E-state index in [4.69, 9.17) is 0 Å². The first-order valence-electron chi connectivity index (χ1n) is 12.6. The molecule has 0 bridgehead atoms. The van der Waals surface area contributed by atoms with E-state index in [1.807, 2.05) is 0 Å². The minimum absolute atomic E-state index is 0.00269. The largest absolute Gasteiger partial charge is 0.508 e. The molecule has 1 unspecified atom stereocenters. The fourth-order valence-electron chi connectivity index (χ4n) is 4.82. The van der Waals surface area contributed by atoms with E-state index in [9.17, 15) is 24.6 Å². The van der Waals surface area contributed by atoms with Crippen LogP contribution in [0.1, 0.15) is 40.9 Å². The minimum atomic E-state index is -3.42. The Labute approximate surface area is 226 Å². The molecule has 1 fully saturated rings. The summed E-state index contributed by atoms with van der Waals surface area (Å²) in [5.41, 5.74) is -0.194. The van der Waals surface area contributed by atoms with Crippen molar-refractivity contribution in [2.75, 3.05) is 13.1 Å². The third kappa shape index (κ3) is 6.11. The molecule has 10 heteroatoms. The lowest BCUT2D eigenvalue weighted by Crippen LogP contribution is -2.57. The van der Waals surface area contributed by atoms with Gasteiger partial charge in [0.15, 0.2) is 6.10 Å². The maximum atomic E-state index is 15.1. The molecule has 210 valence electrons. The number of likely N-dealkylation sites (tertiary alicyclic amines) is 1. The fraction of sp³-hybridized carbons (Fsp3) is 0.414. The highest BCUT2D eigenvalue weighted by atomic mass is 19.3. The number of aromatic hydroxyl groups is 1. The number of aryl methyl sites for hydroxylation is 1. The molecule has 4 N–H and O–H groups in total. The van der Waals surface area contributed by atoms with Crippen LogP contribution in [0.2, 0.25) is 0 Å². The van der Waals surface area contributed by atoms with Crippen LogP contribution in [0.3, 0.4) is 0 Å². The topological polar surface area (TPSA) is 119 Å². The van der Waals surface area contributed by atoms with E-state index in [1.54, 1.807) is 50.2 Å². The molecule has 0 saturated carbocycles. The Morgan fingerprint density at radius 1 is 1.18 bits per heavy atom. The van der Waals surface area contributed by atoms with E-state index in [-0.39, 0.29) is 24.3 Å². The lowest BCUT2D eigenvalue weighted by molar-refractivity contribution is -0.148. The first-order valence-corrected chi connectivity index (χ1v) is 12.6. The average Bonchev–Trinajstić information content (AvgIpc) is 3.07. The number of carbonyl (C=O) groups is 3. The maximum Gasteiger partial charge on any atom is 0.272 e. The molecule has 2 aromatic rings. The standard InChI is InChI=1S/C29H35F2N3O5/c1-6-12-32-26(38)24-28(4,5)29(30,31)16-34(24)27(39)23(36)21(15-19-10-8-7-9-11-19)33-25(37)20-13-17(2)14-22(35)18(20)3/h6-11,13-14,21,23-24,35-36H,1,12,15-16H2,2-5H3,(H,32,38)(H,33,37)/t21?,23-,24+/m0/s1. The van der Waals surface area contributed by atoms with Crippen molar-refractivity contribution in [3.8, 4) is 5.75 Å². The predicted octanol–water partition coefficient (Wildman–Crippen LogP) is 2.89. The van der Waals surface area contributed by atoms with Crippen LogP contribution in [-0.4, -0.2) is 70.0 Å². The van der Waals surface area contributed by atoms with Crippen molar-refractivity contribution in [3.63, 3.8) is 0 Å². The van der Waals surface area contributed by atoms with Crippen LogP contribution < -0.4 is 10.6 Å². The summed E-state index contributed by atoms with van der Waals surface area (Å²) in [5, 5.41) is 26.5. The maximum absolute atomic E-state index is 15.1. The molecule has 0 radical (unpaired) electrons. The molecule has 2 aromatic carbocycles. The highest BCUT2D eigenvalue weighted by molar-refractivity contribution is 5.97. The summed E-state index contributed by atoms with van der Waals surface area (Å²) in [6.07, 6.45) is -0.570. The van der Waals surface area contributed by atoms with E-state index in [0.29, 0.717) is 21.6 Å². The van der Waals surface area contributed by atoms with E-state index in [2.05, 4.69) is 17.2 Å². The fourth-order valence-corrected chi connectivity index (χ4v) is 4.82. The molecule has 3 amide bonds. The van der Waals surface area contributed by atoms with Crippen molar-refractivity contribution in [2.45, 2.75) is 58.2 Å². The van der Waals surface area contributed by atoms with E-state index < -0.39 is 53.8 Å². The molecule has 0 aromatic heterocycles. The number of hydrogen-bond acceptors (Lipinski definition) is 5. The van der Waals surface area contributed by atoms with Crippen molar-refractivity contribution < 1.29 is 33.4 Å². The van der Waals surface area contributed by atoms with Gasteiger partial charge in [-0.25, -0.2) is 8.78 Å². The van der Waals surface area contributed by atoms with Gasteiger partial charge in [-0.05, 0) is 43.5 Å². The van der Waals surface area contributed by atoms with Crippen LogP contribution in [0.25, 0.3) is 0 Å². The number of alkyl halides is 2. The number of rotatable bonds is 9. The molecule has 3 rings (SSSR count). The third-order valence-electron chi connectivity index (χ3n) is 7.28. The Morgan fingerprint density at radius 3 is 2.44 bits per heavy atom. The molecule has 39 heavy (non-hydrogen) atoms. The van der Waals surface area contributed by atoms with Gasteiger partial charge < -0.3 is 25.7 Å². The number of aliphatic hydroxyl groups excluding tert-OH is 1. The molecule has 8 nitrogen and oxygen atoms in total. The highest BCUT2D eigenvalue weighted by Crippen LogP contribution is 2.48. The number of hydrogen-bond donors (Lipinski definition) is 4. The Bertz CT molecular complexity index is 1250. The Morgan fingerprint density at radius 2 is 1.82 bits per heavy atom. The van der Waals surface area contributed by atoms with E-state index in [1.165, 1.54) is 26.0 Å². The summed E-state index contributed by atoms with van der Waals surface area (Å²) in [6.45, 7) is 8.08. The number of halogens is 2. The summed E-state index contributed by atoms with van der Waals surface area (Å²) in [5.74, 6) is -6.08. The molecule has 1 heterocycles. The number of benzene rings is 2. The molecule has 0 aliphatic carbocycles. The molecule has 1 aliphatic heterocycles. The second-order valence-electron chi connectivity index (χ2n) is 10.5. The predicted molar refractivity (Wildman–Crippen MR) is 142 cm³/mol. The second kappa shape index (κ2) is 11.5. The number of phenols is 1.